The third-order valence-electron chi connectivity index (χ3n) is 1.75. The van der Waals surface area contributed by atoms with Crippen LogP contribution in [0, 0.1) is 0 Å². The Hall–Kier alpha value is -0.410. The first-order valence-electron chi connectivity index (χ1n) is 3.83. The predicted molar refractivity (Wildman–Crippen MR) is 51.6 cm³/mol. The van der Waals surface area contributed by atoms with Crippen LogP contribution in [0.25, 0.3) is 0 Å². The first-order valence-corrected chi connectivity index (χ1v) is 4.24. The summed E-state index contributed by atoms with van der Waals surface area (Å²) in [6, 6.07) is 0. The molecule has 0 spiro atoms. The van der Waals surface area contributed by atoms with E-state index in [0.717, 1.165) is 24.5 Å². The van der Waals surface area contributed by atoms with Crippen molar-refractivity contribution in [2.45, 2.75) is 13.3 Å². The van der Waals surface area contributed by atoms with Crippen molar-refractivity contribution in [3.05, 3.63) is 11.8 Å². The van der Waals surface area contributed by atoms with Crippen LogP contribution in [0.5, 0.6) is 0 Å². The Labute approximate surface area is 73.3 Å². The second kappa shape index (κ2) is 3.83. The molecule has 0 aromatic carbocycles. The maximum atomic E-state index is 4.94. The normalized spacial score (nSPS) is 19.3. The molecule has 0 saturated carbocycles. The number of hydrogen-bond donors (Lipinski definition) is 1. The molecule has 2 nitrogen and oxygen atoms in total. The molecule has 1 rings (SSSR count). The minimum atomic E-state index is 0.862. The molecule has 0 radical (unpaired) electrons. The van der Waals surface area contributed by atoms with Gasteiger partial charge in [-0.05, 0) is 20.4 Å². The Bertz CT molecular complexity index is 187. The van der Waals surface area contributed by atoms with Gasteiger partial charge in [0, 0.05) is 18.8 Å². The van der Waals surface area contributed by atoms with E-state index in [-0.39, 0.29) is 0 Å². The van der Waals surface area contributed by atoms with Gasteiger partial charge in [-0.15, -0.1) is 0 Å². The van der Waals surface area contributed by atoms with Crippen molar-refractivity contribution in [3.63, 3.8) is 0 Å². The second-order valence-corrected chi connectivity index (χ2v) is 3.54. The minimum Gasteiger partial charge on any atom is -0.354 e. The van der Waals surface area contributed by atoms with E-state index in [9.17, 15) is 0 Å². The average molecular weight is 170 g/mol. The van der Waals surface area contributed by atoms with Gasteiger partial charge >= 0.3 is 0 Å². The van der Waals surface area contributed by atoms with E-state index in [1.807, 2.05) is 6.92 Å². The Morgan fingerprint density at radius 1 is 1.73 bits per heavy atom. The Morgan fingerprint density at radius 2 is 2.45 bits per heavy atom. The van der Waals surface area contributed by atoms with Gasteiger partial charge in [0.05, 0.1) is 4.99 Å². The summed E-state index contributed by atoms with van der Waals surface area (Å²) in [5.74, 6) is 0. The summed E-state index contributed by atoms with van der Waals surface area (Å²) in [7, 11) is 2.12. The molecule has 0 atom stereocenters. The lowest BCUT2D eigenvalue weighted by atomic mass is 10.2. The summed E-state index contributed by atoms with van der Waals surface area (Å²) >= 11 is 4.94. The first-order chi connectivity index (χ1) is 5.18. The molecule has 0 aromatic heterocycles. The van der Waals surface area contributed by atoms with E-state index in [1.165, 1.54) is 5.70 Å². The molecular weight excluding hydrogens is 156 g/mol. The highest BCUT2D eigenvalue weighted by Crippen LogP contribution is 2.05. The Kier molecular flexibility index (Phi) is 3.02. The third kappa shape index (κ3) is 2.99. The van der Waals surface area contributed by atoms with Crippen molar-refractivity contribution in [2.75, 3.05) is 20.1 Å². The molecule has 0 aliphatic carbocycles. The number of nitrogens with one attached hydrogen (secondary N) is 1. The lowest BCUT2D eigenvalue weighted by molar-refractivity contribution is 0.356. The van der Waals surface area contributed by atoms with Crippen LogP contribution in [0.2, 0.25) is 0 Å². The maximum absolute atomic E-state index is 4.94. The molecule has 1 heterocycles. The molecule has 1 aliphatic rings. The molecule has 0 saturated heterocycles. The average Bonchev–Trinajstić information content (AvgIpc) is 1.93. The zero-order valence-electron chi connectivity index (χ0n) is 7.05. The van der Waals surface area contributed by atoms with Gasteiger partial charge in [-0.25, -0.2) is 0 Å². The zero-order chi connectivity index (χ0) is 8.27. The van der Waals surface area contributed by atoms with Gasteiger partial charge < -0.3 is 10.2 Å². The standard InChI is InChI=1S/C8H14N2S/c1-7(11)9-8-3-5-10(2)6-4-8/h3H,4-6H2,1-2H3,(H,9,11). The van der Waals surface area contributed by atoms with Crippen molar-refractivity contribution in [3.8, 4) is 0 Å². The van der Waals surface area contributed by atoms with E-state index in [2.05, 4.69) is 23.3 Å². The Balaban J connectivity index is 2.41. The number of thiocarbonyl (C=S) groups is 1. The molecule has 0 amide bonds. The second-order valence-electron chi connectivity index (χ2n) is 2.92. The van der Waals surface area contributed by atoms with Crippen molar-refractivity contribution < 1.29 is 0 Å². The molecular formula is C8H14N2S. The quantitative estimate of drug-likeness (QED) is 0.594. The molecule has 62 valence electrons. The zero-order valence-corrected chi connectivity index (χ0v) is 7.87. The molecule has 11 heavy (non-hydrogen) atoms. The van der Waals surface area contributed by atoms with Crippen LogP contribution in [0.15, 0.2) is 11.8 Å². The van der Waals surface area contributed by atoms with Crippen LogP contribution in [0.3, 0.4) is 0 Å². The van der Waals surface area contributed by atoms with Crippen LogP contribution >= 0.6 is 12.2 Å². The molecule has 0 unspecified atom stereocenters. The highest BCUT2D eigenvalue weighted by molar-refractivity contribution is 7.80. The first kappa shape index (κ1) is 8.68. The molecule has 0 bridgehead atoms. The van der Waals surface area contributed by atoms with Crippen molar-refractivity contribution in [1.29, 1.82) is 0 Å². The minimum absolute atomic E-state index is 0.862. The Morgan fingerprint density at radius 3 is 2.91 bits per heavy atom. The largest absolute Gasteiger partial charge is 0.354 e. The number of hydrogen-bond acceptors (Lipinski definition) is 2. The van der Waals surface area contributed by atoms with Crippen LogP contribution in [-0.2, 0) is 0 Å². The number of rotatable bonds is 1. The third-order valence-corrected chi connectivity index (χ3v) is 1.85. The van der Waals surface area contributed by atoms with Gasteiger partial charge in [-0.1, -0.05) is 18.3 Å². The molecule has 3 heteroatoms. The fraction of sp³-hybridized carbons (Fsp3) is 0.625. The summed E-state index contributed by atoms with van der Waals surface area (Å²) < 4.78 is 0. The smallest absolute Gasteiger partial charge is 0.0763 e. The van der Waals surface area contributed by atoms with E-state index >= 15 is 0 Å². The highest BCUT2D eigenvalue weighted by Gasteiger charge is 2.06. The van der Waals surface area contributed by atoms with Gasteiger partial charge in [-0.2, -0.15) is 0 Å². The summed E-state index contributed by atoms with van der Waals surface area (Å²) in [5.41, 5.74) is 1.27. The van der Waals surface area contributed by atoms with Crippen LogP contribution < -0.4 is 5.32 Å². The van der Waals surface area contributed by atoms with Gasteiger partial charge in [0.15, 0.2) is 0 Å². The fourth-order valence-electron chi connectivity index (χ4n) is 1.11. The predicted octanol–water partition coefficient (Wildman–Crippen LogP) is 1.14. The molecule has 1 N–H and O–H groups in total. The summed E-state index contributed by atoms with van der Waals surface area (Å²) in [6.07, 6.45) is 3.28. The van der Waals surface area contributed by atoms with Gasteiger partial charge in [0.25, 0.3) is 0 Å². The molecule has 1 aliphatic heterocycles. The van der Waals surface area contributed by atoms with Gasteiger partial charge in [-0.3, -0.25) is 0 Å². The number of likely N-dealkylation sites (N-methyl/N-ethyl adjacent to an activating group) is 1. The lowest BCUT2D eigenvalue weighted by Crippen LogP contribution is -2.29. The van der Waals surface area contributed by atoms with Crippen molar-refractivity contribution in [2.24, 2.45) is 0 Å². The van der Waals surface area contributed by atoms with E-state index in [4.69, 9.17) is 12.2 Å². The summed E-state index contributed by atoms with van der Waals surface area (Å²) in [4.78, 5) is 3.14. The summed E-state index contributed by atoms with van der Waals surface area (Å²) in [6.45, 7) is 4.07. The van der Waals surface area contributed by atoms with Gasteiger partial charge in [0.2, 0.25) is 0 Å². The monoisotopic (exact) mass is 170 g/mol. The van der Waals surface area contributed by atoms with E-state index in [1.54, 1.807) is 0 Å². The highest BCUT2D eigenvalue weighted by atomic mass is 32.1. The molecule has 0 fully saturated rings. The topological polar surface area (TPSA) is 15.3 Å². The van der Waals surface area contributed by atoms with Crippen LogP contribution in [0.4, 0.5) is 0 Å². The van der Waals surface area contributed by atoms with Gasteiger partial charge in [0.1, 0.15) is 0 Å². The number of nitrogens with zero attached hydrogens (tertiary/aromatic N) is 1. The van der Waals surface area contributed by atoms with E-state index in [0.29, 0.717) is 0 Å². The maximum Gasteiger partial charge on any atom is 0.0763 e. The lowest BCUT2D eigenvalue weighted by Gasteiger charge is -2.22. The summed E-state index contributed by atoms with van der Waals surface area (Å²) in [5, 5.41) is 3.17. The van der Waals surface area contributed by atoms with E-state index < -0.39 is 0 Å². The van der Waals surface area contributed by atoms with Crippen LogP contribution in [-0.4, -0.2) is 30.0 Å². The van der Waals surface area contributed by atoms with Crippen molar-refractivity contribution in [1.82, 2.24) is 10.2 Å². The SMILES string of the molecule is CC(=S)NC1=CCN(C)CC1. The van der Waals surface area contributed by atoms with Crippen molar-refractivity contribution >= 4 is 17.2 Å². The molecule has 0 aromatic rings. The van der Waals surface area contributed by atoms with Crippen LogP contribution in [0.1, 0.15) is 13.3 Å². The fourth-order valence-corrected chi connectivity index (χ4v) is 1.24.